The lowest BCUT2D eigenvalue weighted by molar-refractivity contribution is 1.42. The Morgan fingerprint density at radius 3 is 0.875 bits per heavy atom. The van der Waals surface area contributed by atoms with Gasteiger partial charge in [-0.05, 0) is 67.5 Å². The van der Waals surface area contributed by atoms with Crippen LogP contribution in [0.15, 0.2) is 104 Å². The third-order valence-electron chi connectivity index (χ3n) is 8.73. The number of hydrogen-bond donors (Lipinski definition) is 2. The fourth-order valence-corrected chi connectivity index (χ4v) is 25.7. The maximum Gasteiger partial charge on any atom is 0.101 e. The van der Waals surface area contributed by atoms with Crippen molar-refractivity contribution in [2.24, 2.45) is 0 Å². The van der Waals surface area contributed by atoms with Crippen LogP contribution in [0.5, 0.6) is 0 Å². The molecule has 10 aliphatic heterocycles. The first-order chi connectivity index (χ1) is 27.7. The first-order valence-corrected chi connectivity index (χ1v) is 29.9. The standard InChI is InChI=1S/C36H14N4S16/c1-2-42-29(41-1)33-49-21-13-9-15-23-25(53-34(51-23)30-43-3-4-44-30)17(38-15)11-19-27-28(56-36(55-27)32-47-7-8-48-32)20(40-19)12-18-26-24(52-35(54-26)31-45-5-6-46-31)16(39-18)10-14(37-13)22(21)50-33/h1-12,37,40H. The Hall–Kier alpha value is -0.400. The van der Waals surface area contributed by atoms with E-state index in [0.717, 1.165) is 44.1 Å². The van der Waals surface area contributed by atoms with Gasteiger partial charge in [0.2, 0.25) is 0 Å². The molecular formula is C36H14N4S16. The first-order valence-electron chi connectivity index (χ1n) is 16.3. The highest BCUT2D eigenvalue weighted by atomic mass is 32.2. The van der Waals surface area contributed by atoms with Crippen LogP contribution in [-0.4, -0.2) is 19.9 Å². The van der Waals surface area contributed by atoms with Gasteiger partial charge in [0.15, 0.2) is 0 Å². The lowest BCUT2D eigenvalue weighted by atomic mass is 10.4. The number of aromatic nitrogens is 4. The van der Waals surface area contributed by atoms with E-state index in [4.69, 9.17) is 9.97 Å². The van der Waals surface area contributed by atoms with Crippen LogP contribution in [0, 0.1) is 18.1 Å². The Bertz CT molecular complexity index is 3080. The zero-order chi connectivity index (χ0) is 36.5. The minimum Gasteiger partial charge on any atom is -0.353 e. The lowest BCUT2D eigenvalue weighted by Crippen LogP contribution is -1.86. The molecular weight excluding hydrogens is 1000 g/mol. The van der Waals surface area contributed by atoms with E-state index in [1.54, 1.807) is 0 Å². The quantitative estimate of drug-likeness (QED) is 0.152. The van der Waals surface area contributed by atoms with Gasteiger partial charge in [-0.25, -0.2) is 9.97 Å². The van der Waals surface area contributed by atoms with Crippen molar-refractivity contribution in [3.63, 3.8) is 0 Å². The summed E-state index contributed by atoms with van der Waals surface area (Å²) in [6, 6.07) is 9.21. The maximum absolute atomic E-state index is 5.45. The molecule has 0 saturated carbocycles. The van der Waals surface area contributed by atoms with Gasteiger partial charge in [-0.1, -0.05) is 141 Å². The summed E-state index contributed by atoms with van der Waals surface area (Å²) in [7, 11) is 0. The molecule has 13 heterocycles. The van der Waals surface area contributed by atoms with E-state index in [1.807, 2.05) is 186 Å². The predicted octanol–water partition coefficient (Wildman–Crippen LogP) is 15.7. The smallest absolute Gasteiger partial charge is 0.101 e. The summed E-state index contributed by atoms with van der Waals surface area (Å²) in [5.74, 6) is 0. The van der Waals surface area contributed by atoms with Gasteiger partial charge < -0.3 is 9.97 Å². The second-order valence-corrected chi connectivity index (χ2v) is 29.6. The molecule has 20 heteroatoms. The van der Waals surface area contributed by atoms with Crippen molar-refractivity contribution < 1.29 is 0 Å². The Kier molecular flexibility index (Phi) is 9.47. The summed E-state index contributed by atoms with van der Waals surface area (Å²) in [6.07, 6.45) is 0. The molecule has 0 amide bonds. The second kappa shape index (κ2) is 14.6. The monoisotopic (exact) mass is 1010 g/mol. The molecule has 0 fully saturated rings. The highest BCUT2D eigenvalue weighted by Gasteiger charge is 2.29. The van der Waals surface area contributed by atoms with Gasteiger partial charge in [-0.2, -0.15) is 0 Å². The third-order valence-corrected chi connectivity index (χ3v) is 29.9. The van der Waals surface area contributed by atoms with Crippen molar-refractivity contribution in [3.05, 3.63) is 110 Å². The molecule has 274 valence electrons. The summed E-state index contributed by atoms with van der Waals surface area (Å²) in [5, 5.41) is 17.5. The summed E-state index contributed by atoms with van der Waals surface area (Å²) >= 11 is 29.6. The number of thioether (sulfide) groups is 12. The molecule has 4 nitrogen and oxygen atoms in total. The predicted molar refractivity (Wildman–Crippen MR) is 270 cm³/mol. The van der Waals surface area contributed by atoms with Crippen LogP contribution in [0.3, 0.4) is 0 Å². The van der Waals surface area contributed by atoms with Crippen LogP contribution in [0.1, 0.15) is 0 Å². The van der Waals surface area contributed by atoms with Crippen LogP contribution in [0.2, 0.25) is 0 Å². The summed E-state index contributed by atoms with van der Waals surface area (Å²) in [6.45, 7) is 0. The molecule has 10 aliphatic rings. The molecule has 0 saturated heterocycles. The van der Waals surface area contributed by atoms with E-state index in [0.29, 0.717) is 0 Å². The van der Waals surface area contributed by atoms with Crippen LogP contribution in [-0.2, 0) is 0 Å². The largest absolute Gasteiger partial charge is 0.353 e. The molecule has 3 aromatic heterocycles. The van der Waals surface area contributed by atoms with Crippen molar-refractivity contribution in [1.29, 1.82) is 0 Å². The van der Waals surface area contributed by atoms with Crippen LogP contribution in [0.25, 0.3) is 52.6 Å². The molecule has 0 unspecified atom stereocenters. The summed E-state index contributed by atoms with van der Waals surface area (Å²) in [5.41, 5.74) is 8.49. The van der Waals surface area contributed by atoms with E-state index < -0.39 is 0 Å². The molecule has 0 atom stereocenters. The number of hydrogen-bond acceptors (Lipinski definition) is 18. The lowest BCUT2D eigenvalue weighted by Gasteiger charge is -2.00. The fraction of sp³-hybridized carbons (Fsp3) is 0. The molecule has 0 aliphatic carbocycles. The van der Waals surface area contributed by atoms with Crippen molar-refractivity contribution in [1.82, 2.24) is 19.9 Å². The van der Waals surface area contributed by atoms with E-state index in [9.17, 15) is 0 Å². The Morgan fingerprint density at radius 1 is 0.321 bits per heavy atom. The minimum absolute atomic E-state index is 1.02. The number of rotatable bonds is 0. The maximum atomic E-state index is 5.45. The zero-order valence-electron chi connectivity index (χ0n) is 27.4. The normalized spacial score (nSPS) is 18.8. The van der Waals surface area contributed by atoms with Gasteiger partial charge in [-0.15, -0.1) is 45.3 Å². The van der Waals surface area contributed by atoms with Crippen LogP contribution in [0.4, 0.5) is 0 Å². The highest BCUT2D eigenvalue weighted by Crippen LogP contribution is 2.61. The van der Waals surface area contributed by atoms with E-state index in [1.165, 1.54) is 70.8 Å². The average Bonchev–Trinajstić information content (AvgIpc) is 4.05. The van der Waals surface area contributed by atoms with E-state index in [-0.39, 0.29) is 0 Å². The minimum atomic E-state index is 1.02. The number of nitrogens with one attached hydrogen (secondary N) is 2. The number of aromatic amines is 2. The molecule has 8 bridgehead atoms. The molecule has 13 rings (SSSR count). The van der Waals surface area contributed by atoms with Crippen molar-refractivity contribution in [2.75, 3.05) is 0 Å². The summed E-state index contributed by atoms with van der Waals surface area (Å²) in [4.78, 5) is 23.8. The topological polar surface area (TPSA) is 57.4 Å². The third kappa shape index (κ3) is 6.13. The number of fused-ring (bicyclic) bond motifs is 18. The van der Waals surface area contributed by atoms with E-state index >= 15 is 0 Å². The molecule has 0 radical (unpaired) electrons. The van der Waals surface area contributed by atoms with Gasteiger partial charge in [0.25, 0.3) is 0 Å². The van der Waals surface area contributed by atoms with Gasteiger partial charge in [-0.3, -0.25) is 0 Å². The molecule has 2 N–H and O–H groups in total. The zero-order valence-corrected chi connectivity index (χ0v) is 40.4. The second-order valence-electron chi connectivity index (χ2n) is 12.0. The molecule has 0 aromatic carbocycles. The average molecular weight is 1020 g/mol. The van der Waals surface area contributed by atoms with Crippen molar-refractivity contribution in [3.8, 4) is 0 Å². The van der Waals surface area contributed by atoms with Gasteiger partial charge in [0.05, 0.1) is 107 Å². The Balaban J connectivity index is 1.16. The number of H-pyrrole nitrogens is 2. The molecule has 3 aromatic rings. The first kappa shape index (κ1) is 36.3. The Labute approximate surface area is 383 Å². The van der Waals surface area contributed by atoms with E-state index in [2.05, 4.69) is 77.5 Å². The van der Waals surface area contributed by atoms with Gasteiger partial charge in [0.1, 0.15) is 7.69 Å². The molecule has 56 heavy (non-hydrogen) atoms. The van der Waals surface area contributed by atoms with Gasteiger partial charge in [0, 0.05) is 0 Å². The van der Waals surface area contributed by atoms with Gasteiger partial charge >= 0.3 is 0 Å². The fourth-order valence-electron chi connectivity index (χ4n) is 6.45. The highest BCUT2D eigenvalue weighted by molar-refractivity contribution is 8.35. The van der Waals surface area contributed by atoms with Crippen molar-refractivity contribution >= 4 is 239 Å². The SMILES string of the molecule is C1=CSC(=C2Sc3c(c4cc5nc(cc6[nH]c(cc7nc(cc3[nH]4)c3sc(=C4SC=CS4)sc7=3)c3c6SC(=C4SC=CS4)S3)c3sc(=C4SC=CS4)sc5=3)S2)S1. The number of nitrogens with zero attached hydrogens (tertiary/aromatic N) is 2. The molecule has 0 spiro atoms. The summed E-state index contributed by atoms with van der Waals surface area (Å²) < 4.78 is 15.7. The van der Waals surface area contributed by atoms with Crippen LogP contribution < -0.4 is 7.69 Å². The van der Waals surface area contributed by atoms with Crippen molar-refractivity contribution in [2.45, 2.75) is 19.6 Å². The van der Waals surface area contributed by atoms with Crippen LogP contribution >= 0.6 is 186 Å². The Morgan fingerprint density at radius 2 is 0.589 bits per heavy atom.